The molecule has 0 spiro atoms. The van der Waals surface area contributed by atoms with Crippen LogP contribution in [-0.4, -0.2) is 24.0 Å². The lowest BCUT2D eigenvalue weighted by Gasteiger charge is -2.47. The van der Waals surface area contributed by atoms with Crippen LogP contribution in [0.25, 0.3) is 0 Å². The summed E-state index contributed by atoms with van der Waals surface area (Å²) in [6.45, 7) is 0. The van der Waals surface area contributed by atoms with Gasteiger partial charge in [0.2, 0.25) is 0 Å². The highest BCUT2D eigenvalue weighted by molar-refractivity contribution is 5.15. The fourth-order valence-electron chi connectivity index (χ4n) is 3.84. The van der Waals surface area contributed by atoms with Crippen LogP contribution < -0.4 is 0 Å². The lowest BCUT2D eigenvalue weighted by atomic mass is 9.76. The van der Waals surface area contributed by atoms with E-state index < -0.39 is 0 Å². The molecule has 0 aliphatic carbocycles. The Kier molecular flexibility index (Phi) is 3.19. The standard InChI is InChI=1S/C16H23N/c1-17-15-8-5-9-16(17)12-14(11-15)10-13-6-3-2-4-7-13/h2-4,6-7,14-16H,5,8-12H2,1H3. The first-order chi connectivity index (χ1) is 8.33. The fourth-order valence-corrected chi connectivity index (χ4v) is 3.84. The molecule has 1 heteroatoms. The number of hydrogen-bond acceptors (Lipinski definition) is 1. The summed E-state index contributed by atoms with van der Waals surface area (Å²) in [7, 11) is 2.34. The van der Waals surface area contributed by atoms with Crippen molar-refractivity contribution in [3.05, 3.63) is 35.9 Å². The van der Waals surface area contributed by atoms with Crippen LogP contribution in [0.5, 0.6) is 0 Å². The van der Waals surface area contributed by atoms with E-state index >= 15 is 0 Å². The molecule has 1 nitrogen and oxygen atoms in total. The average molecular weight is 229 g/mol. The van der Waals surface area contributed by atoms with Gasteiger partial charge in [0.1, 0.15) is 0 Å². The maximum Gasteiger partial charge on any atom is 0.00979 e. The predicted molar refractivity (Wildman–Crippen MR) is 72.1 cm³/mol. The van der Waals surface area contributed by atoms with Gasteiger partial charge < -0.3 is 4.90 Å². The van der Waals surface area contributed by atoms with Crippen molar-refractivity contribution in [2.75, 3.05) is 7.05 Å². The van der Waals surface area contributed by atoms with E-state index in [-0.39, 0.29) is 0 Å². The minimum Gasteiger partial charge on any atom is -0.300 e. The Hall–Kier alpha value is -0.820. The van der Waals surface area contributed by atoms with Gasteiger partial charge in [-0.25, -0.2) is 0 Å². The molecule has 2 fully saturated rings. The number of rotatable bonds is 2. The molecule has 0 N–H and O–H groups in total. The Bertz CT molecular complexity index is 345. The first kappa shape index (κ1) is 11.3. The molecule has 3 rings (SSSR count). The number of hydrogen-bond donors (Lipinski definition) is 0. The molecule has 0 aromatic heterocycles. The Labute approximate surface area is 105 Å². The van der Waals surface area contributed by atoms with Crippen LogP contribution in [0.4, 0.5) is 0 Å². The first-order valence-electron chi connectivity index (χ1n) is 7.09. The molecular weight excluding hydrogens is 206 g/mol. The highest BCUT2D eigenvalue weighted by Gasteiger charge is 2.35. The van der Waals surface area contributed by atoms with Crippen molar-refractivity contribution in [1.29, 1.82) is 0 Å². The SMILES string of the molecule is CN1C2CCCC1CC(Cc1ccccc1)C2. The van der Waals surface area contributed by atoms with Crippen molar-refractivity contribution in [2.45, 2.75) is 50.6 Å². The van der Waals surface area contributed by atoms with Gasteiger partial charge >= 0.3 is 0 Å². The first-order valence-corrected chi connectivity index (χ1v) is 7.09. The topological polar surface area (TPSA) is 3.24 Å². The van der Waals surface area contributed by atoms with Gasteiger partial charge in [0.25, 0.3) is 0 Å². The molecule has 92 valence electrons. The van der Waals surface area contributed by atoms with Gasteiger partial charge in [0.15, 0.2) is 0 Å². The molecule has 0 amide bonds. The smallest absolute Gasteiger partial charge is 0.00979 e. The molecule has 1 aromatic carbocycles. The quantitative estimate of drug-likeness (QED) is 0.750. The summed E-state index contributed by atoms with van der Waals surface area (Å²) in [5, 5.41) is 0. The van der Waals surface area contributed by atoms with Crippen LogP contribution in [0.1, 0.15) is 37.7 Å². The second-order valence-electron chi connectivity index (χ2n) is 5.93. The highest BCUT2D eigenvalue weighted by Crippen LogP contribution is 2.37. The molecule has 0 saturated carbocycles. The van der Waals surface area contributed by atoms with Gasteiger partial charge in [-0.15, -0.1) is 0 Å². The van der Waals surface area contributed by atoms with E-state index in [0.29, 0.717) is 0 Å². The summed E-state index contributed by atoms with van der Waals surface area (Å²) in [6.07, 6.45) is 8.44. The molecule has 2 unspecified atom stereocenters. The van der Waals surface area contributed by atoms with Crippen molar-refractivity contribution in [1.82, 2.24) is 4.90 Å². The Morgan fingerprint density at radius 2 is 1.71 bits per heavy atom. The lowest BCUT2D eigenvalue weighted by Crippen LogP contribution is -2.50. The maximum absolute atomic E-state index is 2.66. The third-order valence-electron chi connectivity index (χ3n) is 4.80. The maximum atomic E-state index is 2.66. The summed E-state index contributed by atoms with van der Waals surface area (Å²) < 4.78 is 0. The summed E-state index contributed by atoms with van der Waals surface area (Å²) in [5.74, 6) is 0.920. The van der Waals surface area contributed by atoms with Gasteiger partial charge in [-0.2, -0.15) is 0 Å². The number of nitrogens with zero attached hydrogens (tertiary/aromatic N) is 1. The van der Waals surface area contributed by atoms with Crippen molar-refractivity contribution < 1.29 is 0 Å². The van der Waals surface area contributed by atoms with Crippen molar-refractivity contribution >= 4 is 0 Å². The van der Waals surface area contributed by atoms with Crippen LogP contribution in [0, 0.1) is 5.92 Å². The van der Waals surface area contributed by atoms with Crippen molar-refractivity contribution in [3.63, 3.8) is 0 Å². The highest BCUT2D eigenvalue weighted by atomic mass is 15.2. The Morgan fingerprint density at radius 1 is 1.06 bits per heavy atom. The van der Waals surface area contributed by atoms with Gasteiger partial charge in [-0.1, -0.05) is 36.8 Å². The van der Waals surface area contributed by atoms with E-state index in [2.05, 4.69) is 42.3 Å². The van der Waals surface area contributed by atoms with Gasteiger partial charge in [0, 0.05) is 12.1 Å². The molecule has 17 heavy (non-hydrogen) atoms. The van der Waals surface area contributed by atoms with Gasteiger partial charge in [-0.3, -0.25) is 0 Å². The van der Waals surface area contributed by atoms with E-state index in [1.807, 2.05) is 0 Å². The zero-order valence-electron chi connectivity index (χ0n) is 10.8. The van der Waals surface area contributed by atoms with Crippen LogP contribution >= 0.6 is 0 Å². The van der Waals surface area contributed by atoms with Crippen LogP contribution in [0.2, 0.25) is 0 Å². The predicted octanol–water partition coefficient (Wildman–Crippen LogP) is 3.49. The van der Waals surface area contributed by atoms with Crippen molar-refractivity contribution in [3.8, 4) is 0 Å². The minimum atomic E-state index is 0.871. The minimum absolute atomic E-state index is 0.871. The molecule has 2 heterocycles. The second kappa shape index (κ2) is 4.81. The molecule has 0 radical (unpaired) electrons. The molecule has 2 bridgehead atoms. The van der Waals surface area contributed by atoms with E-state index in [1.165, 1.54) is 44.1 Å². The Balaban J connectivity index is 1.66. The Morgan fingerprint density at radius 3 is 2.35 bits per heavy atom. The monoisotopic (exact) mass is 229 g/mol. The fraction of sp³-hybridized carbons (Fsp3) is 0.625. The van der Waals surface area contributed by atoms with Crippen LogP contribution in [0.3, 0.4) is 0 Å². The molecule has 1 aromatic rings. The summed E-state index contributed by atoms with van der Waals surface area (Å²) >= 11 is 0. The van der Waals surface area contributed by atoms with Gasteiger partial charge in [0.05, 0.1) is 0 Å². The lowest BCUT2D eigenvalue weighted by molar-refractivity contribution is 0.0367. The third kappa shape index (κ3) is 2.40. The zero-order valence-corrected chi connectivity index (χ0v) is 10.8. The van der Waals surface area contributed by atoms with E-state index in [9.17, 15) is 0 Å². The molecule has 2 aliphatic heterocycles. The zero-order chi connectivity index (χ0) is 11.7. The van der Waals surface area contributed by atoms with Crippen LogP contribution in [-0.2, 0) is 6.42 Å². The molecular formula is C16H23N. The van der Waals surface area contributed by atoms with Crippen LogP contribution in [0.15, 0.2) is 30.3 Å². The van der Waals surface area contributed by atoms with Gasteiger partial charge in [-0.05, 0) is 50.6 Å². The summed E-state index contributed by atoms with van der Waals surface area (Å²) in [6, 6.07) is 12.8. The number of piperidine rings is 2. The number of benzene rings is 1. The van der Waals surface area contributed by atoms with E-state index in [4.69, 9.17) is 0 Å². The second-order valence-corrected chi connectivity index (χ2v) is 5.93. The third-order valence-corrected chi connectivity index (χ3v) is 4.80. The molecule has 2 atom stereocenters. The van der Waals surface area contributed by atoms with Crippen molar-refractivity contribution in [2.24, 2.45) is 5.92 Å². The largest absolute Gasteiger partial charge is 0.300 e. The van der Waals surface area contributed by atoms with E-state index in [0.717, 1.165) is 18.0 Å². The number of fused-ring (bicyclic) bond motifs is 2. The van der Waals surface area contributed by atoms with E-state index in [1.54, 1.807) is 0 Å². The molecule has 2 aliphatic rings. The summed E-state index contributed by atoms with van der Waals surface area (Å²) in [5.41, 5.74) is 1.53. The molecule has 2 saturated heterocycles. The normalized spacial score (nSPS) is 33.6. The average Bonchev–Trinajstić information content (AvgIpc) is 2.32. The summed E-state index contributed by atoms with van der Waals surface area (Å²) in [4.78, 5) is 2.66.